The highest BCUT2D eigenvalue weighted by Crippen LogP contribution is 2.23. The first-order valence-electron chi connectivity index (χ1n) is 6.53. The summed E-state index contributed by atoms with van der Waals surface area (Å²) in [6, 6.07) is 9.76. The number of phenols is 2. The maximum absolute atomic E-state index is 11.7. The van der Waals surface area contributed by atoms with Crippen molar-refractivity contribution in [2.24, 2.45) is 5.10 Å². The molecule has 2 rings (SSSR count). The zero-order chi connectivity index (χ0) is 16.8. The summed E-state index contributed by atoms with van der Waals surface area (Å²) in [5, 5.41) is 32.7. The predicted octanol–water partition coefficient (Wildman–Crippen LogP) is 1.70. The number of amides is 1. The third-order valence-electron chi connectivity index (χ3n) is 2.91. The van der Waals surface area contributed by atoms with Crippen molar-refractivity contribution in [1.82, 2.24) is 5.43 Å². The van der Waals surface area contributed by atoms with Crippen LogP contribution < -0.4 is 5.43 Å². The first-order chi connectivity index (χ1) is 11.0. The molecule has 0 aromatic heterocycles. The summed E-state index contributed by atoms with van der Waals surface area (Å²) < 4.78 is 0. The molecule has 0 aliphatic carbocycles. The fourth-order valence-corrected chi connectivity index (χ4v) is 1.76. The Kier molecular flexibility index (Phi) is 4.88. The molecule has 23 heavy (non-hydrogen) atoms. The van der Waals surface area contributed by atoms with E-state index in [0.717, 1.165) is 0 Å². The maximum Gasteiger partial charge on any atom is 0.269 e. The quantitative estimate of drug-likeness (QED) is 0.335. The van der Waals surface area contributed by atoms with Gasteiger partial charge in [0.15, 0.2) is 11.5 Å². The van der Waals surface area contributed by atoms with Gasteiger partial charge in [-0.05, 0) is 29.3 Å². The molecule has 0 radical (unpaired) electrons. The van der Waals surface area contributed by atoms with E-state index < -0.39 is 10.8 Å². The Morgan fingerprint density at radius 2 is 1.87 bits per heavy atom. The number of hydrogen-bond donors (Lipinski definition) is 3. The van der Waals surface area contributed by atoms with Gasteiger partial charge in [0.2, 0.25) is 5.91 Å². The van der Waals surface area contributed by atoms with E-state index in [-0.39, 0.29) is 23.6 Å². The average Bonchev–Trinajstić information content (AvgIpc) is 2.51. The van der Waals surface area contributed by atoms with E-state index in [2.05, 4.69) is 10.5 Å². The van der Waals surface area contributed by atoms with Gasteiger partial charge in [-0.3, -0.25) is 14.9 Å². The molecular formula is C15H13N3O5. The number of aromatic hydroxyl groups is 2. The zero-order valence-electron chi connectivity index (χ0n) is 11.8. The Hall–Kier alpha value is -3.42. The molecule has 3 N–H and O–H groups in total. The van der Waals surface area contributed by atoms with Crippen molar-refractivity contribution in [3.63, 3.8) is 0 Å². The van der Waals surface area contributed by atoms with Crippen molar-refractivity contribution in [2.45, 2.75) is 6.42 Å². The number of nitrogens with one attached hydrogen (secondary N) is 1. The number of carbonyl (C=O) groups is 1. The van der Waals surface area contributed by atoms with Gasteiger partial charge in [-0.1, -0.05) is 12.1 Å². The Labute approximate surface area is 130 Å². The van der Waals surface area contributed by atoms with Crippen LogP contribution in [0.1, 0.15) is 11.1 Å². The van der Waals surface area contributed by atoms with Gasteiger partial charge >= 0.3 is 0 Å². The Morgan fingerprint density at radius 3 is 2.48 bits per heavy atom. The minimum absolute atomic E-state index is 0.0240. The van der Waals surface area contributed by atoms with Crippen LogP contribution >= 0.6 is 0 Å². The van der Waals surface area contributed by atoms with E-state index in [0.29, 0.717) is 11.1 Å². The number of nitro benzene ring substituents is 1. The molecule has 0 saturated carbocycles. The second kappa shape index (κ2) is 7.03. The van der Waals surface area contributed by atoms with Gasteiger partial charge in [-0.2, -0.15) is 5.10 Å². The van der Waals surface area contributed by atoms with E-state index in [4.69, 9.17) is 5.11 Å². The van der Waals surface area contributed by atoms with Crippen LogP contribution in [0.2, 0.25) is 0 Å². The van der Waals surface area contributed by atoms with Gasteiger partial charge in [0.05, 0.1) is 17.6 Å². The summed E-state index contributed by atoms with van der Waals surface area (Å²) in [5.74, 6) is -0.923. The molecule has 0 bridgehead atoms. The second-order valence-corrected chi connectivity index (χ2v) is 4.64. The van der Waals surface area contributed by atoms with Crippen molar-refractivity contribution in [1.29, 1.82) is 0 Å². The van der Waals surface area contributed by atoms with Gasteiger partial charge < -0.3 is 10.2 Å². The lowest BCUT2D eigenvalue weighted by Crippen LogP contribution is -2.19. The number of non-ortho nitro benzene ring substituents is 1. The Bertz CT molecular complexity index is 756. The van der Waals surface area contributed by atoms with E-state index >= 15 is 0 Å². The highest BCUT2D eigenvalue weighted by atomic mass is 16.6. The molecule has 0 saturated heterocycles. The van der Waals surface area contributed by atoms with Crippen LogP contribution in [0.15, 0.2) is 47.6 Å². The standard InChI is InChI=1S/C15H13N3O5/c19-13-6-3-11(7-14(13)20)9-16-17-15(21)8-10-1-4-12(5-2-10)18(22)23/h1-7,9,19-20H,8H2,(H,17,21)/b16-9-. The molecule has 0 aliphatic rings. The van der Waals surface area contributed by atoms with Crippen molar-refractivity contribution in [2.75, 3.05) is 0 Å². The van der Waals surface area contributed by atoms with Crippen LogP contribution in [0, 0.1) is 10.1 Å². The molecule has 8 nitrogen and oxygen atoms in total. The normalized spacial score (nSPS) is 10.6. The van der Waals surface area contributed by atoms with Gasteiger partial charge in [0, 0.05) is 12.1 Å². The number of rotatable bonds is 5. The van der Waals surface area contributed by atoms with E-state index in [1.54, 1.807) is 0 Å². The molecule has 0 aliphatic heterocycles. The van der Waals surface area contributed by atoms with Gasteiger partial charge in [-0.15, -0.1) is 0 Å². The highest BCUT2D eigenvalue weighted by Gasteiger charge is 2.06. The summed E-state index contributed by atoms with van der Waals surface area (Å²) in [7, 11) is 0. The van der Waals surface area contributed by atoms with E-state index in [9.17, 15) is 20.0 Å². The molecule has 2 aromatic carbocycles. The third-order valence-corrected chi connectivity index (χ3v) is 2.91. The predicted molar refractivity (Wildman–Crippen MR) is 82.3 cm³/mol. The maximum atomic E-state index is 11.7. The molecule has 0 fully saturated rings. The first-order valence-corrected chi connectivity index (χ1v) is 6.53. The van der Waals surface area contributed by atoms with Crippen LogP contribution in [0.5, 0.6) is 11.5 Å². The number of nitro groups is 1. The number of phenolic OH excluding ortho intramolecular Hbond substituents is 2. The third kappa shape index (κ3) is 4.53. The van der Waals surface area contributed by atoms with Crippen LogP contribution in [-0.2, 0) is 11.2 Å². The minimum atomic E-state index is -0.513. The molecular weight excluding hydrogens is 302 g/mol. The van der Waals surface area contributed by atoms with Crippen LogP contribution in [0.25, 0.3) is 0 Å². The van der Waals surface area contributed by atoms with Crippen LogP contribution in [0.4, 0.5) is 5.69 Å². The number of carbonyl (C=O) groups excluding carboxylic acids is 1. The van der Waals surface area contributed by atoms with Crippen molar-refractivity contribution < 1.29 is 19.9 Å². The lowest BCUT2D eigenvalue weighted by molar-refractivity contribution is -0.384. The molecule has 0 heterocycles. The lowest BCUT2D eigenvalue weighted by atomic mass is 10.1. The largest absolute Gasteiger partial charge is 0.504 e. The SMILES string of the molecule is O=C(Cc1ccc([N+](=O)[O-])cc1)N/N=C\c1ccc(O)c(O)c1. The fraction of sp³-hybridized carbons (Fsp3) is 0.0667. The summed E-state index contributed by atoms with van der Waals surface area (Å²) in [6.45, 7) is 0. The highest BCUT2D eigenvalue weighted by molar-refractivity contribution is 5.84. The van der Waals surface area contributed by atoms with Crippen LogP contribution in [-0.4, -0.2) is 27.3 Å². The van der Waals surface area contributed by atoms with E-state index in [1.165, 1.54) is 48.7 Å². The summed E-state index contributed by atoms with van der Waals surface area (Å²) in [4.78, 5) is 21.7. The van der Waals surface area contributed by atoms with Crippen molar-refractivity contribution >= 4 is 17.8 Å². The zero-order valence-corrected chi connectivity index (χ0v) is 11.8. The molecule has 118 valence electrons. The second-order valence-electron chi connectivity index (χ2n) is 4.64. The number of hydrogen-bond acceptors (Lipinski definition) is 6. The lowest BCUT2D eigenvalue weighted by Gasteiger charge is -2.01. The Morgan fingerprint density at radius 1 is 1.17 bits per heavy atom. The topological polar surface area (TPSA) is 125 Å². The fourth-order valence-electron chi connectivity index (χ4n) is 1.76. The number of benzene rings is 2. The summed E-state index contributed by atoms with van der Waals surface area (Å²) in [6.07, 6.45) is 1.34. The Balaban J connectivity index is 1.90. The molecule has 0 spiro atoms. The minimum Gasteiger partial charge on any atom is -0.504 e. The van der Waals surface area contributed by atoms with Crippen molar-refractivity contribution in [3.8, 4) is 11.5 Å². The first kappa shape index (κ1) is 16.0. The molecule has 0 unspecified atom stereocenters. The molecule has 8 heteroatoms. The smallest absolute Gasteiger partial charge is 0.269 e. The van der Waals surface area contributed by atoms with Crippen LogP contribution in [0.3, 0.4) is 0 Å². The van der Waals surface area contributed by atoms with Gasteiger partial charge in [-0.25, -0.2) is 5.43 Å². The van der Waals surface area contributed by atoms with Gasteiger partial charge in [0.1, 0.15) is 0 Å². The molecule has 0 atom stereocenters. The number of hydrazone groups is 1. The van der Waals surface area contributed by atoms with E-state index in [1.807, 2.05) is 0 Å². The number of nitrogens with zero attached hydrogens (tertiary/aromatic N) is 2. The average molecular weight is 315 g/mol. The molecule has 2 aromatic rings. The summed E-state index contributed by atoms with van der Waals surface area (Å²) >= 11 is 0. The molecule has 1 amide bonds. The van der Waals surface area contributed by atoms with Crippen molar-refractivity contribution in [3.05, 3.63) is 63.7 Å². The van der Waals surface area contributed by atoms with Gasteiger partial charge in [0.25, 0.3) is 5.69 Å². The monoisotopic (exact) mass is 315 g/mol. The summed E-state index contributed by atoms with van der Waals surface area (Å²) in [5.41, 5.74) is 3.37.